The van der Waals surface area contributed by atoms with Crippen LogP contribution in [-0.4, -0.2) is 13.4 Å². The molecule has 0 saturated carbocycles. The van der Waals surface area contributed by atoms with Crippen molar-refractivity contribution in [3.8, 4) is 0 Å². The molecule has 0 aliphatic rings. The average molecular weight is 715 g/mol. The molecule has 0 atom stereocenters. The van der Waals surface area contributed by atoms with Crippen molar-refractivity contribution in [2.75, 3.05) is 0 Å². The minimum Gasteiger partial charge on any atom is -0.144 e. The molecule has 0 fully saturated rings. The standard InChI is InChI=1S/2C20H18Cl2Si/c2*1-23(21,22)20(17-11-5-2-6-12-17,18-13-7-3-8-14-18)19-15-9-4-10-16-19/h2*2-16H,1H3. The van der Waals surface area contributed by atoms with Gasteiger partial charge in [-0.2, -0.15) is 0 Å². The molecule has 0 heterocycles. The first-order valence-corrected chi connectivity index (χ1v) is 24.3. The van der Waals surface area contributed by atoms with Gasteiger partial charge in [-0.3, -0.25) is 0 Å². The average Bonchev–Trinajstić information content (AvgIpc) is 3.08. The number of benzene rings is 6. The maximum atomic E-state index is 6.96. The van der Waals surface area contributed by atoms with Gasteiger partial charge in [0.1, 0.15) is 0 Å². The van der Waals surface area contributed by atoms with E-state index in [1.165, 1.54) is 0 Å². The first kappa shape index (κ1) is 34.3. The van der Waals surface area contributed by atoms with E-state index in [4.69, 9.17) is 44.3 Å². The van der Waals surface area contributed by atoms with Crippen molar-refractivity contribution in [2.24, 2.45) is 0 Å². The Kier molecular flexibility index (Phi) is 11.0. The molecule has 0 amide bonds. The Bertz CT molecular complexity index is 1440. The lowest BCUT2D eigenvalue weighted by Crippen LogP contribution is -2.48. The van der Waals surface area contributed by atoms with E-state index in [0.29, 0.717) is 0 Å². The Morgan fingerprint density at radius 2 is 0.413 bits per heavy atom. The monoisotopic (exact) mass is 712 g/mol. The van der Waals surface area contributed by atoms with Gasteiger partial charge in [0.15, 0.2) is 0 Å². The maximum Gasteiger partial charge on any atom is 0.267 e. The summed E-state index contributed by atoms with van der Waals surface area (Å²) in [6, 6.07) is 62.1. The molecule has 0 nitrogen and oxygen atoms in total. The third kappa shape index (κ3) is 6.66. The summed E-state index contributed by atoms with van der Waals surface area (Å²) >= 11 is 27.9. The molecule has 0 spiro atoms. The molecule has 0 N–H and O–H groups in total. The SMILES string of the molecule is C[Si](Cl)(Cl)C(c1ccccc1)(c1ccccc1)c1ccccc1.C[Si](Cl)(Cl)C(c1ccccc1)(c1ccccc1)c1ccccc1. The molecule has 0 saturated heterocycles. The number of hydrogen-bond donors (Lipinski definition) is 0. The lowest BCUT2D eigenvalue weighted by molar-refractivity contribution is 0.854. The summed E-state index contributed by atoms with van der Waals surface area (Å²) in [6.07, 6.45) is 0. The van der Waals surface area contributed by atoms with Gasteiger partial charge >= 0.3 is 0 Å². The molecule has 0 aliphatic heterocycles. The molecule has 6 rings (SSSR count). The van der Waals surface area contributed by atoms with Crippen LogP contribution in [-0.2, 0) is 10.1 Å². The Hall–Kier alpha value is -3.09. The van der Waals surface area contributed by atoms with E-state index in [1.54, 1.807) is 0 Å². The predicted octanol–water partition coefficient (Wildman–Crippen LogP) is 12.2. The van der Waals surface area contributed by atoms with E-state index in [2.05, 4.69) is 72.8 Å². The maximum absolute atomic E-state index is 6.96. The molecule has 6 heteroatoms. The summed E-state index contributed by atoms with van der Waals surface area (Å²) in [6.45, 7) is -1.42. The minimum atomic E-state index is -2.71. The number of rotatable bonds is 8. The molecule has 0 aliphatic carbocycles. The Morgan fingerprint density at radius 3 is 0.522 bits per heavy atom. The van der Waals surface area contributed by atoms with Gasteiger partial charge in [0.05, 0.1) is 10.1 Å². The lowest BCUT2D eigenvalue weighted by Gasteiger charge is -2.41. The van der Waals surface area contributed by atoms with Gasteiger partial charge in [-0.15, -0.1) is 44.3 Å². The highest BCUT2D eigenvalue weighted by Crippen LogP contribution is 2.51. The second kappa shape index (κ2) is 14.8. The van der Waals surface area contributed by atoms with E-state index in [1.807, 2.05) is 122 Å². The molecular weight excluding hydrogens is 678 g/mol. The predicted molar refractivity (Wildman–Crippen MR) is 205 cm³/mol. The second-order valence-electron chi connectivity index (χ2n) is 11.5. The highest BCUT2D eigenvalue weighted by atomic mass is 35.7. The van der Waals surface area contributed by atoms with Crippen LogP contribution in [0, 0.1) is 0 Å². The number of halogens is 4. The molecule has 0 bridgehead atoms. The van der Waals surface area contributed by atoms with Gasteiger partial charge in [0, 0.05) is 0 Å². The van der Waals surface area contributed by atoms with E-state index in [0.717, 1.165) is 33.4 Å². The molecule has 0 aromatic heterocycles. The largest absolute Gasteiger partial charge is 0.267 e. The third-order valence-corrected chi connectivity index (χ3v) is 16.3. The fraction of sp³-hybridized carbons (Fsp3) is 0.100. The quantitative estimate of drug-likeness (QED) is 0.0837. The lowest BCUT2D eigenvalue weighted by atomic mass is 9.84. The van der Waals surface area contributed by atoms with Gasteiger partial charge in [-0.05, 0) is 46.5 Å². The van der Waals surface area contributed by atoms with Crippen molar-refractivity contribution in [2.45, 2.75) is 23.2 Å². The zero-order valence-corrected chi connectivity index (χ0v) is 30.9. The van der Waals surface area contributed by atoms with Crippen molar-refractivity contribution >= 4 is 57.7 Å². The smallest absolute Gasteiger partial charge is 0.144 e. The topological polar surface area (TPSA) is 0 Å². The minimum absolute atomic E-state index is 0.514. The van der Waals surface area contributed by atoms with Crippen LogP contribution in [0.15, 0.2) is 182 Å². The molecular formula is C40H36Cl4Si2. The van der Waals surface area contributed by atoms with Crippen molar-refractivity contribution in [1.29, 1.82) is 0 Å². The van der Waals surface area contributed by atoms with Gasteiger partial charge in [0.2, 0.25) is 0 Å². The van der Waals surface area contributed by atoms with E-state index in [9.17, 15) is 0 Å². The molecule has 0 radical (unpaired) electrons. The Balaban J connectivity index is 0.000000181. The number of hydrogen-bond acceptors (Lipinski definition) is 0. The van der Waals surface area contributed by atoms with Crippen LogP contribution in [0.3, 0.4) is 0 Å². The summed E-state index contributed by atoms with van der Waals surface area (Å²) in [5.41, 5.74) is 6.81. The Labute approximate surface area is 294 Å². The zero-order chi connectivity index (χ0) is 32.7. The summed E-state index contributed by atoms with van der Waals surface area (Å²) in [4.78, 5) is 0. The first-order valence-electron chi connectivity index (χ1n) is 15.2. The van der Waals surface area contributed by atoms with Crippen LogP contribution in [0.4, 0.5) is 0 Å². The van der Waals surface area contributed by atoms with Crippen LogP contribution < -0.4 is 0 Å². The van der Waals surface area contributed by atoms with Gasteiger partial charge in [-0.1, -0.05) is 182 Å². The molecule has 6 aromatic carbocycles. The van der Waals surface area contributed by atoms with Crippen LogP contribution in [0.25, 0.3) is 0 Å². The van der Waals surface area contributed by atoms with Crippen LogP contribution in [0.5, 0.6) is 0 Å². The fourth-order valence-electron chi connectivity index (χ4n) is 6.65. The van der Waals surface area contributed by atoms with Gasteiger partial charge in [0.25, 0.3) is 13.4 Å². The summed E-state index contributed by atoms with van der Waals surface area (Å²) in [5.74, 6) is 0. The van der Waals surface area contributed by atoms with E-state index < -0.39 is 23.5 Å². The van der Waals surface area contributed by atoms with Crippen LogP contribution >= 0.6 is 44.3 Å². The fourth-order valence-corrected chi connectivity index (χ4v) is 14.6. The van der Waals surface area contributed by atoms with E-state index in [-0.39, 0.29) is 0 Å². The highest BCUT2D eigenvalue weighted by Gasteiger charge is 2.53. The van der Waals surface area contributed by atoms with Crippen molar-refractivity contribution < 1.29 is 0 Å². The normalized spacial score (nSPS) is 12.1. The van der Waals surface area contributed by atoms with Gasteiger partial charge in [-0.25, -0.2) is 0 Å². The molecule has 232 valence electrons. The summed E-state index contributed by atoms with van der Waals surface area (Å²) in [7, 11) is 0. The molecule has 46 heavy (non-hydrogen) atoms. The first-order chi connectivity index (χ1) is 22.1. The Morgan fingerprint density at radius 1 is 0.283 bits per heavy atom. The van der Waals surface area contributed by atoms with Crippen molar-refractivity contribution in [3.05, 3.63) is 215 Å². The van der Waals surface area contributed by atoms with Crippen molar-refractivity contribution in [3.63, 3.8) is 0 Å². The third-order valence-electron chi connectivity index (χ3n) is 8.56. The molecule has 6 aromatic rings. The van der Waals surface area contributed by atoms with Gasteiger partial charge < -0.3 is 0 Å². The molecule has 0 unspecified atom stereocenters. The van der Waals surface area contributed by atoms with E-state index >= 15 is 0 Å². The summed E-state index contributed by atoms with van der Waals surface area (Å²) < 4.78 is 0. The van der Waals surface area contributed by atoms with Crippen LogP contribution in [0.2, 0.25) is 13.1 Å². The highest BCUT2D eigenvalue weighted by molar-refractivity contribution is 7.46. The van der Waals surface area contributed by atoms with Crippen LogP contribution in [0.1, 0.15) is 33.4 Å². The zero-order valence-electron chi connectivity index (χ0n) is 25.8. The second-order valence-corrected chi connectivity index (χ2v) is 26.8. The summed E-state index contributed by atoms with van der Waals surface area (Å²) in [5, 5.41) is -1.03. The van der Waals surface area contributed by atoms with Crippen molar-refractivity contribution in [1.82, 2.24) is 0 Å².